The number of alkyl halides is 2. The average Bonchev–Trinajstić information content (AvgIpc) is 2.26. The van der Waals surface area contributed by atoms with Gasteiger partial charge in [-0.3, -0.25) is 0 Å². The van der Waals surface area contributed by atoms with Crippen LogP contribution < -0.4 is 5.32 Å². The molecule has 3 heteroatoms. The molecule has 0 spiro atoms. The second-order valence-corrected chi connectivity index (χ2v) is 4.10. The molecule has 72 valence electrons. The smallest absolute Gasteiger partial charge is 0.249 e. The normalized spacial score (nSPS) is 28.2. The Morgan fingerprint density at radius 3 is 2.58 bits per heavy atom. The fourth-order valence-electron chi connectivity index (χ4n) is 1.53. The van der Waals surface area contributed by atoms with E-state index in [-0.39, 0.29) is 18.9 Å². The molecular formula is C9H17F2N. The van der Waals surface area contributed by atoms with Crippen molar-refractivity contribution in [2.24, 2.45) is 5.92 Å². The van der Waals surface area contributed by atoms with Crippen molar-refractivity contribution in [3.8, 4) is 0 Å². The fraction of sp³-hybridized carbons (Fsp3) is 1.00. The highest BCUT2D eigenvalue weighted by Crippen LogP contribution is 2.34. The van der Waals surface area contributed by atoms with Crippen molar-refractivity contribution < 1.29 is 8.78 Å². The first-order valence-electron chi connectivity index (χ1n) is 4.61. The zero-order valence-corrected chi connectivity index (χ0v) is 7.74. The van der Waals surface area contributed by atoms with Gasteiger partial charge in [-0.2, -0.15) is 0 Å². The van der Waals surface area contributed by atoms with E-state index in [4.69, 9.17) is 0 Å². The Labute approximate surface area is 72.5 Å². The first-order chi connectivity index (χ1) is 5.49. The predicted octanol–water partition coefficient (Wildman–Crippen LogP) is 2.42. The van der Waals surface area contributed by atoms with E-state index in [9.17, 15) is 8.78 Å². The highest BCUT2D eigenvalue weighted by molar-refractivity contribution is 4.85. The molecule has 0 aromatic carbocycles. The monoisotopic (exact) mass is 177 g/mol. The molecule has 1 aliphatic rings. The molecule has 1 atom stereocenters. The molecule has 0 aliphatic heterocycles. The summed E-state index contributed by atoms with van der Waals surface area (Å²) in [6.07, 6.45) is 0.711. The molecule has 0 bridgehead atoms. The zero-order valence-electron chi connectivity index (χ0n) is 7.74. The Kier molecular flexibility index (Phi) is 3.04. The van der Waals surface area contributed by atoms with Crippen LogP contribution in [0.2, 0.25) is 0 Å². The summed E-state index contributed by atoms with van der Waals surface area (Å²) in [5.41, 5.74) is 0. The lowest BCUT2D eigenvalue weighted by atomic mass is 10.2. The van der Waals surface area contributed by atoms with E-state index in [2.05, 4.69) is 19.2 Å². The Hall–Kier alpha value is -0.180. The van der Waals surface area contributed by atoms with Crippen LogP contribution in [0.3, 0.4) is 0 Å². The summed E-state index contributed by atoms with van der Waals surface area (Å²) in [5, 5.41) is 3.16. The molecule has 0 aromatic rings. The minimum absolute atomic E-state index is 0.0275. The van der Waals surface area contributed by atoms with Gasteiger partial charge in [0.1, 0.15) is 0 Å². The van der Waals surface area contributed by atoms with Crippen LogP contribution in [0.1, 0.15) is 33.1 Å². The van der Waals surface area contributed by atoms with Crippen molar-refractivity contribution in [2.45, 2.75) is 45.1 Å². The van der Waals surface area contributed by atoms with Gasteiger partial charge in [-0.15, -0.1) is 0 Å². The summed E-state index contributed by atoms with van der Waals surface area (Å²) in [7, 11) is 0. The standard InChI is InChI=1S/C9H17F2N/c1-7(2)6-12-8-3-4-9(10,11)5-8/h7-8,12H,3-6H2,1-2H3. The topological polar surface area (TPSA) is 12.0 Å². The highest BCUT2D eigenvalue weighted by atomic mass is 19.3. The Bertz CT molecular complexity index is 145. The largest absolute Gasteiger partial charge is 0.313 e. The van der Waals surface area contributed by atoms with Crippen molar-refractivity contribution >= 4 is 0 Å². The maximum Gasteiger partial charge on any atom is 0.249 e. The number of halogens is 2. The molecular weight excluding hydrogens is 160 g/mol. The molecule has 12 heavy (non-hydrogen) atoms. The second kappa shape index (κ2) is 3.69. The average molecular weight is 177 g/mol. The van der Waals surface area contributed by atoms with Gasteiger partial charge in [0, 0.05) is 18.9 Å². The number of nitrogens with one attached hydrogen (secondary N) is 1. The van der Waals surface area contributed by atoms with E-state index in [0.29, 0.717) is 12.3 Å². The third kappa shape index (κ3) is 3.05. The highest BCUT2D eigenvalue weighted by Gasteiger charge is 2.38. The van der Waals surface area contributed by atoms with E-state index in [1.54, 1.807) is 0 Å². The van der Waals surface area contributed by atoms with Crippen LogP contribution in [0.5, 0.6) is 0 Å². The molecule has 1 rings (SSSR count). The minimum Gasteiger partial charge on any atom is -0.313 e. The van der Waals surface area contributed by atoms with E-state index in [1.165, 1.54) is 0 Å². The maximum absolute atomic E-state index is 12.7. The molecule has 1 N–H and O–H groups in total. The lowest BCUT2D eigenvalue weighted by Crippen LogP contribution is -2.31. The van der Waals surface area contributed by atoms with Crippen molar-refractivity contribution in [3.63, 3.8) is 0 Å². The molecule has 0 aromatic heterocycles. The minimum atomic E-state index is -2.41. The first kappa shape index (κ1) is 9.90. The quantitative estimate of drug-likeness (QED) is 0.698. The molecule has 0 heterocycles. The predicted molar refractivity (Wildman–Crippen MR) is 45.4 cm³/mol. The van der Waals surface area contributed by atoms with E-state index in [0.717, 1.165) is 6.54 Å². The van der Waals surface area contributed by atoms with Gasteiger partial charge in [0.15, 0.2) is 0 Å². The molecule has 1 nitrogen and oxygen atoms in total. The summed E-state index contributed by atoms with van der Waals surface area (Å²) in [6, 6.07) is 0.0439. The van der Waals surface area contributed by atoms with Gasteiger partial charge >= 0.3 is 0 Å². The Morgan fingerprint density at radius 2 is 2.17 bits per heavy atom. The van der Waals surface area contributed by atoms with Gasteiger partial charge in [-0.25, -0.2) is 8.78 Å². The molecule has 1 unspecified atom stereocenters. The lowest BCUT2D eigenvalue weighted by Gasteiger charge is -2.14. The van der Waals surface area contributed by atoms with Crippen LogP contribution in [0, 0.1) is 5.92 Å². The van der Waals surface area contributed by atoms with Crippen LogP contribution in [-0.4, -0.2) is 18.5 Å². The van der Waals surface area contributed by atoms with E-state index < -0.39 is 5.92 Å². The van der Waals surface area contributed by atoms with Crippen LogP contribution >= 0.6 is 0 Å². The maximum atomic E-state index is 12.7. The molecule has 1 aliphatic carbocycles. The fourth-order valence-corrected chi connectivity index (χ4v) is 1.53. The summed E-state index contributed by atoms with van der Waals surface area (Å²) in [5.74, 6) is -1.87. The summed E-state index contributed by atoms with van der Waals surface area (Å²) < 4.78 is 25.4. The number of hydrogen-bond acceptors (Lipinski definition) is 1. The number of rotatable bonds is 3. The Morgan fingerprint density at radius 1 is 1.50 bits per heavy atom. The van der Waals surface area contributed by atoms with Crippen LogP contribution in [0.25, 0.3) is 0 Å². The summed E-state index contributed by atoms with van der Waals surface area (Å²) in [6.45, 7) is 5.01. The zero-order chi connectivity index (χ0) is 9.19. The SMILES string of the molecule is CC(C)CNC1CCC(F)(F)C1. The van der Waals surface area contributed by atoms with Crippen molar-refractivity contribution in [3.05, 3.63) is 0 Å². The summed E-state index contributed by atoms with van der Waals surface area (Å²) >= 11 is 0. The van der Waals surface area contributed by atoms with Gasteiger partial charge in [0.2, 0.25) is 5.92 Å². The molecule has 1 saturated carbocycles. The first-order valence-corrected chi connectivity index (χ1v) is 4.61. The van der Waals surface area contributed by atoms with Crippen molar-refractivity contribution in [2.75, 3.05) is 6.54 Å². The molecule has 0 amide bonds. The van der Waals surface area contributed by atoms with Crippen LogP contribution in [0.15, 0.2) is 0 Å². The van der Waals surface area contributed by atoms with Crippen molar-refractivity contribution in [1.29, 1.82) is 0 Å². The van der Waals surface area contributed by atoms with Crippen molar-refractivity contribution in [1.82, 2.24) is 5.32 Å². The Balaban J connectivity index is 2.20. The van der Waals surface area contributed by atoms with Gasteiger partial charge < -0.3 is 5.32 Å². The lowest BCUT2D eigenvalue weighted by molar-refractivity contribution is 0.00685. The van der Waals surface area contributed by atoms with E-state index >= 15 is 0 Å². The van der Waals surface area contributed by atoms with Crippen LogP contribution in [0.4, 0.5) is 8.78 Å². The van der Waals surface area contributed by atoms with Gasteiger partial charge in [-0.05, 0) is 18.9 Å². The second-order valence-electron chi connectivity index (χ2n) is 4.10. The van der Waals surface area contributed by atoms with E-state index in [1.807, 2.05) is 0 Å². The van der Waals surface area contributed by atoms with Gasteiger partial charge in [-0.1, -0.05) is 13.8 Å². The van der Waals surface area contributed by atoms with Crippen LogP contribution in [-0.2, 0) is 0 Å². The summed E-state index contributed by atoms with van der Waals surface area (Å²) in [4.78, 5) is 0. The molecule has 1 fully saturated rings. The third-order valence-electron chi connectivity index (χ3n) is 2.22. The third-order valence-corrected chi connectivity index (χ3v) is 2.22. The van der Waals surface area contributed by atoms with Gasteiger partial charge in [0.05, 0.1) is 0 Å². The van der Waals surface area contributed by atoms with Gasteiger partial charge in [0.25, 0.3) is 0 Å². The number of hydrogen-bond donors (Lipinski definition) is 1. The molecule has 0 radical (unpaired) electrons. The molecule has 0 saturated heterocycles.